The number of hydrogen-bond donors (Lipinski definition) is 2. The van der Waals surface area contributed by atoms with Crippen LogP contribution in [0.2, 0.25) is 0 Å². The van der Waals surface area contributed by atoms with Crippen molar-refractivity contribution < 1.29 is 9.84 Å². The van der Waals surface area contributed by atoms with Gasteiger partial charge in [-0.25, -0.2) is 0 Å². The topological polar surface area (TPSA) is 41.5 Å². The Bertz CT molecular complexity index is 337. The van der Waals surface area contributed by atoms with Crippen LogP contribution in [0.15, 0.2) is 30.9 Å². The Balaban J connectivity index is 2.58. The first-order valence-corrected chi connectivity index (χ1v) is 5.54. The highest BCUT2D eigenvalue weighted by Crippen LogP contribution is 2.29. The van der Waals surface area contributed by atoms with Crippen LogP contribution in [-0.2, 0) is 6.54 Å². The van der Waals surface area contributed by atoms with Crippen molar-refractivity contribution in [2.75, 3.05) is 13.2 Å². The Morgan fingerprint density at radius 2 is 2.31 bits per heavy atom. The first-order valence-electron chi connectivity index (χ1n) is 5.54. The van der Waals surface area contributed by atoms with Crippen molar-refractivity contribution in [3.63, 3.8) is 0 Å². The van der Waals surface area contributed by atoms with E-state index >= 15 is 0 Å². The molecule has 88 valence electrons. The van der Waals surface area contributed by atoms with Crippen LogP contribution in [0.3, 0.4) is 0 Å². The maximum Gasteiger partial charge on any atom is 0.162 e. The van der Waals surface area contributed by atoms with Crippen LogP contribution in [0.25, 0.3) is 0 Å². The van der Waals surface area contributed by atoms with Crippen LogP contribution < -0.4 is 10.1 Å². The Labute approximate surface area is 96.8 Å². The molecule has 3 heteroatoms. The molecule has 0 saturated heterocycles. The number of hydrogen-bond acceptors (Lipinski definition) is 3. The number of nitrogens with one attached hydrogen (secondary N) is 1. The van der Waals surface area contributed by atoms with E-state index in [2.05, 4.69) is 11.9 Å². The second-order valence-corrected chi connectivity index (χ2v) is 3.45. The minimum atomic E-state index is 0.232. The highest BCUT2D eigenvalue weighted by Gasteiger charge is 2.06. The fourth-order valence-electron chi connectivity index (χ4n) is 1.41. The molecule has 0 unspecified atom stereocenters. The van der Waals surface area contributed by atoms with Gasteiger partial charge in [0.15, 0.2) is 11.5 Å². The van der Waals surface area contributed by atoms with Crippen LogP contribution in [-0.4, -0.2) is 18.3 Å². The molecule has 0 bridgehead atoms. The number of ether oxygens (including phenoxy) is 1. The lowest BCUT2D eigenvalue weighted by atomic mass is 10.2. The zero-order valence-corrected chi connectivity index (χ0v) is 9.70. The lowest BCUT2D eigenvalue weighted by Gasteiger charge is -2.10. The van der Waals surface area contributed by atoms with Gasteiger partial charge in [-0.1, -0.05) is 18.2 Å². The monoisotopic (exact) mass is 221 g/mol. The van der Waals surface area contributed by atoms with Gasteiger partial charge < -0.3 is 15.2 Å². The van der Waals surface area contributed by atoms with E-state index < -0.39 is 0 Å². The van der Waals surface area contributed by atoms with Gasteiger partial charge in [-0.15, -0.1) is 6.58 Å². The standard InChI is InChI=1S/C13H19NO2/c1-3-5-9-14-10-11-7-6-8-12(13(11)15)16-4-2/h3,6-8,14-15H,1,4-5,9-10H2,2H3. The Morgan fingerprint density at radius 3 is 3.00 bits per heavy atom. The highest BCUT2D eigenvalue weighted by molar-refractivity contribution is 5.45. The van der Waals surface area contributed by atoms with Crippen molar-refractivity contribution in [2.45, 2.75) is 19.9 Å². The normalized spacial score (nSPS) is 10.1. The van der Waals surface area contributed by atoms with Crippen molar-refractivity contribution >= 4 is 0 Å². The summed E-state index contributed by atoms with van der Waals surface area (Å²) in [5.74, 6) is 0.779. The van der Waals surface area contributed by atoms with Gasteiger partial charge in [-0.3, -0.25) is 0 Å². The molecule has 0 aliphatic heterocycles. The quantitative estimate of drug-likeness (QED) is 0.549. The molecule has 0 aliphatic rings. The largest absolute Gasteiger partial charge is 0.504 e. The van der Waals surface area contributed by atoms with Crippen molar-refractivity contribution in [3.05, 3.63) is 36.4 Å². The first-order chi connectivity index (χ1) is 7.79. The molecule has 0 atom stereocenters. The summed E-state index contributed by atoms with van der Waals surface area (Å²) >= 11 is 0. The molecule has 16 heavy (non-hydrogen) atoms. The van der Waals surface area contributed by atoms with E-state index in [1.54, 1.807) is 6.07 Å². The third-order valence-electron chi connectivity index (χ3n) is 2.22. The molecule has 1 aromatic carbocycles. The predicted molar refractivity (Wildman–Crippen MR) is 65.8 cm³/mol. The molecule has 2 N–H and O–H groups in total. The molecular formula is C13H19NO2. The minimum absolute atomic E-state index is 0.232. The van der Waals surface area contributed by atoms with Gasteiger partial charge in [0.05, 0.1) is 6.61 Å². The van der Waals surface area contributed by atoms with Gasteiger partial charge in [0, 0.05) is 12.1 Å². The smallest absolute Gasteiger partial charge is 0.162 e. The zero-order chi connectivity index (χ0) is 11.8. The average molecular weight is 221 g/mol. The van der Waals surface area contributed by atoms with Gasteiger partial charge >= 0.3 is 0 Å². The average Bonchev–Trinajstić information content (AvgIpc) is 2.29. The van der Waals surface area contributed by atoms with E-state index in [9.17, 15) is 5.11 Å². The van der Waals surface area contributed by atoms with E-state index in [-0.39, 0.29) is 5.75 Å². The van der Waals surface area contributed by atoms with Gasteiger partial charge in [-0.05, 0) is 26.0 Å². The molecule has 0 aliphatic carbocycles. The van der Waals surface area contributed by atoms with Crippen LogP contribution in [0.5, 0.6) is 11.5 Å². The summed E-state index contributed by atoms with van der Waals surface area (Å²) in [4.78, 5) is 0. The number of phenols is 1. The summed E-state index contributed by atoms with van der Waals surface area (Å²) in [7, 11) is 0. The second-order valence-electron chi connectivity index (χ2n) is 3.45. The molecule has 0 aromatic heterocycles. The third kappa shape index (κ3) is 3.59. The Morgan fingerprint density at radius 1 is 1.50 bits per heavy atom. The van der Waals surface area contributed by atoms with Crippen LogP contribution in [0, 0.1) is 0 Å². The number of rotatable bonds is 7. The van der Waals surface area contributed by atoms with Gasteiger partial charge in [0.25, 0.3) is 0 Å². The van der Waals surface area contributed by atoms with Crippen LogP contribution in [0.4, 0.5) is 0 Å². The lowest BCUT2D eigenvalue weighted by Crippen LogP contribution is -2.14. The van der Waals surface area contributed by atoms with E-state index in [0.29, 0.717) is 18.9 Å². The van der Waals surface area contributed by atoms with Gasteiger partial charge in [-0.2, -0.15) is 0 Å². The maximum absolute atomic E-state index is 9.89. The van der Waals surface area contributed by atoms with E-state index in [1.807, 2.05) is 25.1 Å². The van der Waals surface area contributed by atoms with Crippen LogP contribution in [0.1, 0.15) is 18.9 Å². The summed E-state index contributed by atoms with van der Waals surface area (Å²) < 4.78 is 5.31. The predicted octanol–water partition coefficient (Wildman–Crippen LogP) is 2.46. The molecule has 0 saturated carbocycles. The Kier molecular flexibility index (Phi) is 5.43. The highest BCUT2D eigenvalue weighted by atomic mass is 16.5. The molecule has 0 radical (unpaired) electrons. The Hall–Kier alpha value is -1.48. The summed E-state index contributed by atoms with van der Waals surface area (Å²) in [6, 6.07) is 5.54. The number of aromatic hydroxyl groups is 1. The fraction of sp³-hybridized carbons (Fsp3) is 0.385. The second kappa shape index (κ2) is 6.90. The van der Waals surface area contributed by atoms with Crippen LogP contribution >= 0.6 is 0 Å². The summed E-state index contributed by atoms with van der Waals surface area (Å²) in [5, 5.41) is 13.1. The number of phenolic OH excluding ortho intramolecular Hbond substituents is 1. The summed E-state index contributed by atoms with van der Waals surface area (Å²) in [6.45, 7) is 7.61. The van der Waals surface area contributed by atoms with Gasteiger partial charge in [0.1, 0.15) is 0 Å². The van der Waals surface area contributed by atoms with Crippen molar-refractivity contribution in [2.24, 2.45) is 0 Å². The molecule has 3 nitrogen and oxygen atoms in total. The van der Waals surface area contributed by atoms with Crippen molar-refractivity contribution in [3.8, 4) is 11.5 Å². The zero-order valence-electron chi connectivity index (χ0n) is 9.70. The lowest BCUT2D eigenvalue weighted by molar-refractivity contribution is 0.316. The fourth-order valence-corrected chi connectivity index (χ4v) is 1.41. The molecule has 0 heterocycles. The molecule has 0 fully saturated rings. The summed E-state index contributed by atoms with van der Waals surface area (Å²) in [6.07, 6.45) is 2.79. The van der Waals surface area contributed by atoms with Gasteiger partial charge in [0.2, 0.25) is 0 Å². The number of para-hydroxylation sites is 1. The van der Waals surface area contributed by atoms with Crippen molar-refractivity contribution in [1.82, 2.24) is 5.32 Å². The first kappa shape index (κ1) is 12.6. The van der Waals surface area contributed by atoms with Crippen molar-refractivity contribution in [1.29, 1.82) is 0 Å². The molecule has 0 amide bonds. The SMILES string of the molecule is C=CCCNCc1cccc(OCC)c1O. The maximum atomic E-state index is 9.89. The van der Waals surface area contributed by atoms with E-state index in [4.69, 9.17) is 4.74 Å². The molecule has 0 spiro atoms. The molecule has 1 aromatic rings. The van der Waals surface area contributed by atoms with E-state index in [1.165, 1.54) is 0 Å². The molecule has 1 rings (SSSR count). The third-order valence-corrected chi connectivity index (χ3v) is 2.22. The number of benzene rings is 1. The molecular weight excluding hydrogens is 202 g/mol. The summed E-state index contributed by atoms with van der Waals surface area (Å²) in [5.41, 5.74) is 0.856. The van der Waals surface area contributed by atoms with E-state index in [0.717, 1.165) is 18.5 Å². The minimum Gasteiger partial charge on any atom is -0.504 e.